The van der Waals surface area contributed by atoms with Gasteiger partial charge in [0, 0.05) is 19.2 Å². The standard InChI is InChI=1S/C12H22N2O3/c1-4-8-13-11(15)10-14(3)9-6-7-12(16)17-5-2/h6-7H,4-5,8-10H2,1-3H3,(H,13,15)/b7-6+. The summed E-state index contributed by atoms with van der Waals surface area (Å²) in [5, 5.41) is 2.79. The number of carbonyl (C=O) groups excluding carboxylic acids is 2. The molecule has 0 aromatic heterocycles. The molecule has 0 aromatic rings. The highest BCUT2D eigenvalue weighted by atomic mass is 16.5. The van der Waals surface area contributed by atoms with E-state index in [-0.39, 0.29) is 11.9 Å². The molecule has 0 aromatic carbocycles. The second-order valence-corrected chi connectivity index (χ2v) is 3.70. The van der Waals surface area contributed by atoms with Crippen molar-refractivity contribution in [1.82, 2.24) is 10.2 Å². The molecular weight excluding hydrogens is 220 g/mol. The second kappa shape index (κ2) is 9.84. The van der Waals surface area contributed by atoms with Crippen LogP contribution >= 0.6 is 0 Å². The van der Waals surface area contributed by atoms with Crippen LogP contribution < -0.4 is 5.32 Å². The van der Waals surface area contributed by atoms with E-state index in [9.17, 15) is 9.59 Å². The lowest BCUT2D eigenvalue weighted by Gasteiger charge is -2.13. The van der Waals surface area contributed by atoms with Crippen LogP contribution in [-0.4, -0.2) is 50.1 Å². The summed E-state index contributed by atoms with van der Waals surface area (Å²) in [5.74, 6) is -0.352. The molecular formula is C12H22N2O3. The fourth-order valence-corrected chi connectivity index (χ4v) is 1.15. The number of likely N-dealkylation sites (N-methyl/N-ethyl adjacent to an activating group) is 1. The Morgan fingerprint density at radius 1 is 1.35 bits per heavy atom. The van der Waals surface area contributed by atoms with Crippen molar-refractivity contribution in [1.29, 1.82) is 0 Å². The molecule has 0 atom stereocenters. The maximum atomic E-state index is 11.3. The average Bonchev–Trinajstić information content (AvgIpc) is 2.26. The first kappa shape index (κ1) is 15.6. The van der Waals surface area contributed by atoms with Crippen LogP contribution in [0.25, 0.3) is 0 Å². The number of carbonyl (C=O) groups is 2. The van der Waals surface area contributed by atoms with Gasteiger partial charge >= 0.3 is 5.97 Å². The van der Waals surface area contributed by atoms with Gasteiger partial charge in [0.15, 0.2) is 0 Å². The van der Waals surface area contributed by atoms with E-state index >= 15 is 0 Å². The van der Waals surface area contributed by atoms with E-state index in [0.717, 1.165) is 6.42 Å². The third-order valence-corrected chi connectivity index (χ3v) is 1.94. The van der Waals surface area contributed by atoms with Crippen molar-refractivity contribution in [3.8, 4) is 0 Å². The number of amides is 1. The van der Waals surface area contributed by atoms with Gasteiger partial charge in [0.25, 0.3) is 0 Å². The van der Waals surface area contributed by atoms with Gasteiger partial charge < -0.3 is 10.1 Å². The maximum Gasteiger partial charge on any atom is 0.330 e. The Morgan fingerprint density at radius 3 is 2.65 bits per heavy atom. The Balaban J connectivity index is 3.74. The summed E-state index contributed by atoms with van der Waals surface area (Å²) >= 11 is 0. The van der Waals surface area contributed by atoms with Crippen LogP contribution in [0.2, 0.25) is 0 Å². The van der Waals surface area contributed by atoms with Crippen molar-refractivity contribution in [3.05, 3.63) is 12.2 Å². The van der Waals surface area contributed by atoms with Gasteiger partial charge in [-0.1, -0.05) is 13.0 Å². The van der Waals surface area contributed by atoms with Crippen LogP contribution in [0.5, 0.6) is 0 Å². The minimum absolute atomic E-state index is 0.00103. The first-order chi connectivity index (χ1) is 8.10. The number of rotatable bonds is 8. The molecule has 17 heavy (non-hydrogen) atoms. The molecule has 0 saturated heterocycles. The van der Waals surface area contributed by atoms with Gasteiger partial charge in [-0.3, -0.25) is 9.69 Å². The van der Waals surface area contributed by atoms with Crippen molar-refractivity contribution in [2.75, 3.05) is 33.3 Å². The Hall–Kier alpha value is -1.36. The van der Waals surface area contributed by atoms with Gasteiger partial charge in [-0.25, -0.2) is 4.79 Å². The van der Waals surface area contributed by atoms with Crippen LogP contribution in [-0.2, 0) is 14.3 Å². The first-order valence-electron chi connectivity index (χ1n) is 5.88. The average molecular weight is 242 g/mol. The van der Waals surface area contributed by atoms with Gasteiger partial charge in [-0.15, -0.1) is 0 Å². The third kappa shape index (κ3) is 9.56. The van der Waals surface area contributed by atoms with Gasteiger partial charge in [0.05, 0.1) is 13.2 Å². The number of esters is 1. The van der Waals surface area contributed by atoms with Crippen molar-refractivity contribution < 1.29 is 14.3 Å². The summed E-state index contributed by atoms with van der Waals surface area (Å²) in [5.41, 5.74) is 0. The fraction of sp³-hybridized carbons (Fsp3) is 0.667. The molecule has 0 aliphatic heterocycles. The van der Waals surface area contributed by atoms with Crippen molar-refractivity contribution in [3.63, 3.8) is 0 Å². The minimum atomic E-state index is -0.351. The smallest absolute Gasteiger partial charge is 0.330 e. The Kier molecular flexibility index (Phi) is 9.05. The van der Waals surface area contributed by atoms with E-state index in [1.165, 1.54) is 6.08 Å². The zero-order chi connectivity index (χ0) is 13.1. The van der Waals surface area contributed by atoms with E-state index in [1.54, 1.807) is 13.0 Å². The summed E-state index contributed by atoms with van der Waals surface area (Å²) in [7, 11) is 1.82. The molecule has 0 rings (SSSR count). The highest BCUT2D eigenvalue weighted by molar-refractivity contribution is 5.82. The van der Waals surface area contributed by atoms with Crippen molar-refractivity contribution in [2.24, 2.45) is 0 Å². The first-order valence-corrected chi connectivity index (χ1v) is 5.88. The normalized spacial score (nSPS) is 10.8. The molecule has 0 saturated carbocycles. The summed E-state index contributed by atoms with van der Waals surface area (Å²) < 4.78 is 4.73. The molecule has 0 heterocycles. The highest BCUT2D eigenvalue weighted by Gasteiger charge is 2.03. The largest absolute Gasteiger partial charge is 0.463 e. The number of ether oxygens (including phenoxy) is 1. The molecule has 0 unspecified atom stereocenters. The monoisotopic (exact) mass is 242 g/mol. The Bertz CT molecular complexity index is 264. The molecule has 0 bridgehead atoms. The van der Waals surface area contributed by atoms with Crippen molar-refractivity contribution in [2.45, 2.75) is 20.3 Å². The van der Waals surface area contributed by atoms with Crippen molar-refractivity contribution >= 4 is 11.9 Å². The van der Waals surface area contributed by atoms with Crippen LogP contribution in [0.3, 0.4) is 0 Å². The lowest BCUT2D eigenvalue weighted by atomic mass is 10.4. The SMILES string of the molecule is CCCNC(=O)CN(C)C/C=C/C(=O)OCC. The molecule has 1 N–H and O–H groups in total. The lowest BCUT2D eigenvalue weighted by Crippen LogP contribution is -2.35. The predicted octanol–water partition coefficient (Wildman–Crippen LogP) is 0.564. The molecule has 1 amide bonds. The van der Waals surface area contributed by atoms with Crippen LogP contribution in [0.1, 0.15) is 20.3 Å². The number of hydrogen-bond acceptors (Lipinski definition) is 4. The third-order valence-electron chi connectivity index (χ3n) is 1.94. The molecule has 0 fully saturated rings. The van der Waals surface area contributed by atoms with E-state index in [1.807, 2.05) is 18.9 Å². The minimum Gasteiger partial charge on any atom is -0.463 e. The molecule has 0 radical (unpaired) electrons. The van der Waals surface area contributed by atoms with Crippen LogP contribution in [0.15, 0.2) is 12.2 Å². The molecule has 0 aliphatic carbocycles. The molecule has 5 heteroatoms. The molecule has 98 valence electrons. The summed E-state index contributed by atoms with van der Waals surface area (Å²) in [4.78, 5) is 24.1. The van der Waals surface area contributed by atoms with Gasteiger partial charge in [0.2, 0.25) is 5.91 Å². The quantitative estimate of drug-likeness (QED) is 0.499. The number of nitrogens with zero attached hydrogens (tertiary/aromatic N) is 1. The fourth-order valence-electron chi connectivity index (χ4n) is 1.15. The van der Waals surface area contributed by atoms with Gasteiger partial charge in [0.1, 0.15) is 0 Å². The number of hydrogen-bond donors (Lipinski definition) is 1. The second-order valence-electron chi connectivity index (χ2n) is 3.70. The van der Waals surface area contributed by atoms with Crippen LogP contribution in [0, 0.1) is 0 Å². The van der Waals surface area contributed by atoms with E-state index in [4.69, 9.17) is 4.74 Å². The Labute approximate surface area is 103 Å². The van der Waals surface area contributed by atoms with E-state index in [0.29, 0.717) is 26.2 Å². The summed E-state index contributed by atoms with van der Waals surface area (Å²) in [6.45, 7) is 5.71. The summed E-state index contributed by atoms with van der Waals surface area (Å²) in [6, 6.07) is 0. The molecule has 5 nitrogen and oxygen atoms in total. The topological polar surface area (TPSA) is 58.6 Å². The van der Waals surface area contributed by atoms with Crippen LogP contribution in [0.4, 0.5) is 0 Å². The molecule has 0 spiro atoms. The summed E-state index contributed by atoms with van der Waals surface area (Å²) in [6.07, 6.45) is 3.99. The highest BCUT2D eigenvalue weighted by Crippen LogP contribution is 1.86. The van der Waals surface area contributed by atoms with E-state index in [2.05, 4.69) is 5.32 Å². The zero-order valence-corrected chi connectivity index (χ0v) is 10.9. The van der Waals surface area contributed by atoms with Gasteiger partial charge in [-0.05, 0) is 20.4 Å². The maximum absolute atomic E-state index is 11.3. The van der Waals surface area contributed by atoms with Gasteiger partial charge in [-0.2, -0.15) is 0 Å². The lowest BCUT2D eigenvalue weighted by molar-refractivity contribution is -0.137. The number of nitrogens with one attached hydrogen (secondary N) is 1. The van der Waals surface area contributed by atoms with E-state index < -0.39 is 0 Å². The predicted molar refractivity (Wildman–Crippen MR) is 66.6 cm³/mol. The zero-order valence-electron chi connectivity index (χ0n) is 10.9. The molecule has 0 aliphatic rings. The Morgan fingerprint density at radius 2 is 2.06 bits per heavy atom.